The van der Waals surface area contributed by atoms with Gasteiger partial charge in [-0.25, -0.2) is 4.98 Å². The minimum atomic E-state index is 0. The standard InChI is InChI=1S/C6H7ClN2.ClH/c1-8-6-4-5(7)2-3-9-6;/h2-4H,1H3,(H,8,9);1H. The van der Waals surface area contributed by atoms with Crippen molar-refractivity contribution in [1.29, 1.82) is 0 Å². The van der Waals surface area contributed by atoms with Crippen molar-refractivity contribution in [2.45, 2.75) is 0 Å². The summed E-state index contributed by atoms with van der Waals surface area (Å²) in [6.07, 6.45) is 1.66. The molecule has 1 rings (SSSR count). The van der Waals surface area contributed by atoms with Crippen molar-refractivity contribution in [3.05, 3.63) is 23.4 Å². The van der Waals surface area contributed by atoms with Crippen LogP contribution < -0.4 is 5.32 Å². The predicted molar refractivity (Wildman–Crippen MR) is 46.0 cm³/mol. The van der Waals surface area contributed by atoms with E-state index in [1.807, 2.05) is 0 Å². The summed E-state index contributed by atoms with van der Waals surface area (Å²) in [7, 11) is 1.80. The Bertz CT molecular complexity index is 203. The Labute approximate surface area is 71.0 Å². The third-order valence-corrected chi connectivity index (χ3v) is 1.21. The van der Waals surface area contributed by atoms with Gasteiger partial charge < -0.3 is 5.32 Å². The SMILES string of the molecule is CNc1cc(Cl)ccn1.Cl. The van der Waals surface area contributed by atoms with Gasteiger partial charge in [0, 0.05) is 18.3 Å². The van der Waals surface area contributed by atoms with Gasteiger partial charge in [-0.2, -0.15) is 0 Å². The van der Waals surface area contributed by atoms with Gasteiger partial charge in [0.1, 0.15) is 5.82 Å². The van der Waals surface area contributed by atoms with E-state index in [0.29, 0.717) is 5.02 Å². The monoisotopic (exact) mass is 178 g/mol. The molecule has 0 aliphatic heterocycles. The van der Waals surface area contributed by atoms with Crippen LogP contribution in [0.2, 0.25) is 5.02 Å². The van der Waals surface area contributed by atoms with E-state index in [1.165, 1.54) is 0 Å². The molecule has 1 aromatic rings. The number of hydrogen-bond acceptors (Lipinski definition) is 2. The van der Waals surface area contributed by atoms with Crippen LogP contribution in [0.15, 0.2) is 18.3 Å². The maximum atomic E-state index is 5.64. The number of pyridine rings is 1. The summed E-state index contributed by atoms with van der Waals surface area (Å²) < 4.78 is 0. The molecule has 0 amide bonds. The fraction of sp³-hybridized carbons (Fsp3) is 0.167. The molecule has 0 saturated carbocycles. The first-order valence-electron chi connectivity index (χ1n) is 2.62. The average molecular weight is 179 g/mol. The highest BCUT2D eigenvalue weighted by Crippen LogP contribution is 2.10. The molecular weight excluding hydrogens is 171 g/mol. The van der Waals surface area contributed by atoms with E-state index in [0.717, 1.165) is 5.82 Å². The van der Waals surface area contributed by atoms with Gasteiger partial charge in [0.2, 0.25) is 0 Å². The van der Waals surface area contributed by atoms with Gasteiger partial charge in [0.25, 0.3) is 0 Å². The van der Waals surface area contributed by atoms with E-state index < -0.39 is 0 Å². The number of rotatable bonds is 1. The molecule has 0 aliphatic carbocycles. The quantitative estimate of drug-likeness (QED) is 0.714. The molecule has 0 saturated heterocycles. The molecule has 4 heteroatoms. The Morgan fingerprint density at radius 3 is 2.70 bits per heavy atom. The van der Waals surface area contributed by atoms with Crippen LogP contribution in [0.3, 0.4) is 0 Å². The van der Waals surface area contributed by atoms with Gasteiger partial charge in [-0.05, 0) is 12.1 Å². The summed E-state index contributed by atoms with van der Waals surface area (Å²) >= 11 is 5.64. The first kappa shape index (κ1) is 9.53. The summed E-state index contributed by atoms with van der Waals surface area (Å²) in [6.45, 7) is 0. The van der Waals surface area contributed by atoms with Crippen molar-refractivity contribution in [2.24, 2.45) is 0 Å². The molecule has 0 aliphatic rings. The summed E-state index contributed by atoms with van der Waals surface area (Å²) in [6, 6.07) is 3.50. The van der Waals surface area contributed by atoms with E-state index in [-0.39, 0.29) is 12.4 Å². The van der Waals surface area contributed by atoms with Crippen LogP contribution in [0.5, 0.6) is 0 Å². The lowest BCUT2D eigenvalue weighted by atomic mass is 10.5. The molecule has 0 aromatic carbocycles. The molecular formula is C6H8Cl2N2. The molecule has 0 unspecified atom stereocenters. The van der Waals surface area contributed by atoms with E-state index in [4.69, 9.17) is 11.6 Å². The van der Waals surface area contributed by atoms with Crippen LogP contribution in [-0.2, 0) is 0 Å². The third-order valence-electron chi connectivity index (χ3n) is 0.978. The van der Waals surface area contributed by atoms with Crippen LogP contribution >= 0.6 is 24.0 Å². The highest BCUT2D eigenvalue weighted by molar-refractivity contribution is 6.30. The summed E-state index contributed by atoms with van der Waals surface area (Å²) in [5.74, 6) is 0.794. The second-order valence-electron chi connectivity index (χ2n) is 1.61. The van der Waals surface area contributed by atoms with Crippen molar-refractivity contribution in [3.63, 3.8) is 0 Å². The highest BCUT2D eigenvalue weighted by Gasteiger charge is 1.88. The summed E-state index contributed by atoms with van der Waals surface area (Å²) in [5, 5.41) is 3.58. The van der Waals surface area contributed by atoms with Crippen molar-refractivity contribution >= 4 is 29.8 Å². The van der Waals surface area contributed by atoms with Gasteiger partial charge in [-0.1, -0.05) is 11.6 Å². The number of hydrogen-bond donors (Lipinski definition) is 1. The van der Waals surface area contributed by atoms with Gasteiger partial charge in [-0.3, -0.25) is 0 Å². The predicted octanol–water partition coefficient (Wildman–Crippen LogP) is 2.20. The van der Waals surface area contributed by atoms with E-state index in [9.17, 15) is 0 Å². The molecule has 2 nitrogen and oxygen atoms in total. The summed E-state index contributed by atoms with van der Waals surface area (Å²) in [4.78, 5) is 3.96. The van der Waals surface area contributed by atoms with Gasteiger partial charge in [0.15, 0.2) is 0 Å². The lowest BCUT2D eigenvalue weighted by Crippen LogP contribution is -1.89. The van der Waals surface area contributed by atoms with Gasteiger partial charge in [-0.15, -0.1) is 12.4 Å². The number of halogens is 2. The van der Waals surface area contributed by atoms with Gasteiger partial charge in [0.05, 0.1) is 0 Å². The number of nitrogens with one attached hydrogen (secondary N) is 1. The molecule has 0 bridgehead atoms. The van der Waals surface area contributed by atoms with Crippen LogP contribution in [0.4, 0.5) is 5.82 Å². The topological polar surface area (TPSA) is 24.9 Å². The minimum absolute atomic E-state index is 0. The number of nitrogens with zero attached hydrogens (tertiary/aromatic N) is 1. The lowest BCUT2D eigenvalue weighted by Gasteiger charge is -1.95. The normalized spacial score (nSPS) is 8.20. The largest absolute Gasteiger partial charge is 0.373 e. The summed E-state index contributed by atoms with van der Waals surface area (Å²) in [5.41, 5.74) is 0. The van der Waals surface area contributed by atoms with Crippen molar-refractivity contribution in [2.75, 3.05) is 12.4 Å². The Morgan fingerprint density at radius 2 is 2.30 bits per heavy atom. The van der Waals surface area contributed by atoms with E-state index in [1.54, 1.807) is 25.4 Å². The maximum absolute atomic E-state index is 5.64. The third kappa shape index (κ3) is 2.42. The zero-order valence-corrected chi connectivity index (χ0v) is 7.04. The molecule has 1 aromatic heterocycles. The van der Waals surface area contributed by atoms with Crippen molar-refractivity contribution in [3.8, 4) is 0 Å². The second-order valence-corrected chi connectivity index (χ2v) is 2.05. The number of anilines is 1. The second kappa shape index (κ2) is 4.36. The molecule has 1 N–H and O–H groups in total. The Morgan fingerprint density at radius 1 is 1.60 bits per heavy atom. The molecule has 1 heterocycles. The minimum Gasteiger partial charge on any atom is -0.373 e. The fourth-order valence-electron chi connectivity index (χ4n) is 0.541. The molecule has 0 atom stereocenters. The molecule has 56 valence electrons. The van der Waals surface area contributed by atoms with Crippen LogP contribution in [0.1, 0.15) is 0 Å². The van der Waals surface area contributed by atoms with E-state index >= 15 is 0 Å². The van der Waals surface area contributed by atoms with Crippen molar-refractivity contribution in [1.82, 2.24) is 4.98 Å². The fourth-order valence-corrected chi connectivity index (χ4v) is 0.701. The van der Waals surface area contributed by atoms with Crippen molar-refractivity contribution < 1.29 is 0 Å². The Kier molecular flexibility index (Phi) is 4.16. The lowest BCUT2D eigenvalue weighted by molar-refractivity contribution is 1.29. The highest BCUT2D eigenvalue weighted by atomic mass is 35.5. The molecule has 0 radical (unpaired) electrons. The zero-order valence-electron chi connectivity index (χ0n) is 5.47. The van der Waals surface area contributed by atoms with E-state index in [2.05, 4.69) is 10.3 Å². The molecule has 10 heavy (non-hydrogen) atoms. The Balaban J connectivity index is 0.000000810. The zero-order chi connectivity index (χ0) is 6.69. The first-order valence-corrected chi connectivity index (χ1v) is 3.00. The molecule has 0 fully saturated rings. The van der Waals surface area contributed by atoms with Gasteiger partial charge >= 0.3 is 0 Å². The first-order chi connectivity index (χ1) is 4.33. The maximum Gasteiger partial charge on any atom is 0.127 e. The van der Waals surface area contributed by atoms with Crippen LogP contribution in [0, 0.1) is 0 Å². The smallest absolute Gasteiger partial charge is 0.127 e. The van der Waals surface area contributed by atoms with Crippen LogP contribution in [-0.4, -0.2) is 12.0 Å². The number of aromatic nitrogens is 1. The van der Waals surface area contributed by atoms with Crippen LogP contribution in [0.25, 0.3) is 0 Å². The average Bonchev–Trinajstić information content (AvgIpc) is 1.88. The molecule has 0 spiro atoms. The Hall–Kier alpha value is -0.470.